The van der Waals surface area contributed by atoms with Crippen molar-refractivity contribution in [2.45, 2.75) is 12.6 Å². The van der Waals surface area contributed by atoms with E-state index in [1.807, 2.05) is 0 Å². The fourth-order valence-electron chi connectivity index (χ4n) is 1.38. The first-order valence-corrected chi connectivity index (χ1v) is 5.29. The first-order valence-electron chi connectivity index (χ1n) is 5.29. The molecule has 0 unspecified atom stereocenters. The van der Waals surface area contributed by atoms with E-state index in [2.05, 4.69) is 10.3 Å². The molecule has 0 fully saturated rings. The molecule has 1 aromatic heterocycles. The lowest BCUT2D eigenvalue weighted by atomic mass is 10.2. The van der Waals surface area contributed by atoms with Crippen molar-refractivity contribution in [3.63, 3.8) is 0 Å². The predicted octanol–water partition coefficient (Wildman–Crippen LogP) is 2.15. The number of nitrogens with zero attached hydrogens (tertiary/aromatic N) is 2. The number of amides is 1. The summed E-state index contributed by atoms with van der Waals surface area (Å²) in [5, 5.41) is 2.79. The minimum absolute atomic E-state index is 0.254. The van der Waals surface area contributed by atoms with Gasteiger partial charge in [-0.05, 0) is 6.07 Å². The molecule has 0 spiro atoms. The number of hydrogen-bond acceptors (Lipinski definition) is 3. The molecule has 0 aliphatic carbocycles. The van der Waals surface area contributed by atoms with Crippen molar-refractivity contribution in [3.8, 4) is 0 Å². The second kappa shape index (κ2) is 5.70. The average Bonchev–Trinajstić information content (AvgIpc) is 2.34. The highest BCUT2D eigenvalue weighted by molar-refractivity contribution is 5.99. The molecule has 0 atom stereocenters. The molecule has 1 heterocycles. The Kier molecular flexibility index (Phi) is 4.52. The van der Waals surface area contributed by atoms with Crippen molar-refractivity contribution < 1.29 is 18.0 Å². The molecule has 1 N–H and O–H groups in total. The van der Waals surface area contributed by atoms with Crippen molar-refractivity contribution in [2.75, 3.05) is 26.0 Å². The van der Waals surface area contributed by atoms with Crippen molar-refractivity contribution in [3.05, 3.63) is 24.0 Å². The van der Waals surface area contributed by atoms with Crippen LogP contribution in [0.2, 0.25) is 0 Å². The summed E-state index contributed by atoms with van der Waals surface area (Å²) in [5.74, 6) is -0.489. The Balaban J connectivity index is 2.74. The molecule has 7 heteroatoms. The standard InChI is InChI=1S/C11H14F3N3O/c1-15-9-3-5-16-7-8(9)10(18)17(2)6-4-11(12,13)14/h3,5,7H,4,6H2,1-2H3,(H,15,16). The normalized spacial score (nSPS) is 11.2. The van der Waals surface area contributed by atoms with Crippen molar-refractivity contribution in [2.24, 2.45) is 0 Å². The third-order valence-corrected chi connectivity index (χ3v) is 2.40. The molecular formula is C11H14F3N3O. The van der Waals surface area contributed by atoms with Gasteiger partial charge in [-0.15, -0.1) is 0 Å². The molecule has 0 aliphatic heterocycles. The maximum Gasteiger partial charge on any atom is 0.390 e. The van der Waals surface area contributed by atoms with Gasteiger partial charge in [-0.25, -0.2) is 0 Å². The maximum atomic E-state index is 12.1. The van der Waals surface area contributed by atoms with E-state index in [1.54, 1.807) is 13.1 Å². The van der Waals surface area contributed by atoms with Crippen molar-refractivity contribution in [1.29, 1.82) is 0 Å². The Morgan fingerprint density at radius 1 is 1.50 bits per heavy atom. The monoisotopic (exact) mass is 261 g/mol. The first kappa shape index (κ1) is 14.3. The SMILES string of the molecule is CNc1ccncc1C(=O)N(C)CCC(F)(F)F. The van der Waals surface area contributed by atoms with Crippen LogP contribution in [0.1, 0.15) is 16.8 Å². The van der Waals surface area contributed by atoms with Gasteiger partial charge in [0.15, 0.2) is 0 Å². The molecule has 1 amide bonds. The zero-order chi connectivity index (χ0) is 13.8. The van der Waals surface area contributed by atoms with Crippen LogP contribution >= 0.6 is 0 Å². The van der Waals surface area contributed by atoms with E-state index < -0.39 is 18.5 Å². The van der Waals surface area contributed by atoms with E-state index in [1.165, 1.54) is 19.4 Å². The summed E-state index contributed by atoms with van der Waals surface area (Å²) < 4.78 is 36.2. The molecule has 1 rings (SSSR count). The fourth-order valence-corrected chi connectivity index (χ4v) is 1.38. The number of carbonyl (C=O) groups excluding carboxylic acids is 1. The highest BCUT2D eigenvalue weighted by atomic mass is 19.4. The fraction of sp³-hybridized carbons (Fsp3) is 0.455. The number of alkyl halides is 3. The lowest BCUT2D eigenvalue weighted by Crippen LogP contribution is -2.31. The molecule has 0 aromatic carbocycles. The minimum atomic E-state index is -4.27. The van der Waals surface area contributed by atoms with Gasteiger partial charge in [0.05, 0.1) is 12.0 Å². The summed E-state index contributed by atoms with van der Waals surface area (Å²) in [5.41, 5.74) is 0.790. The lowest BCUT2D eigenvalue weighted by molar-refractivity contribution is -0.136. The second-order valence-corrected chi connectivity index (χ2v) is 3.76. The highest BCUT2D eigenvalue weighted by Gasteiger charge is 2.28. The van der Waals surface area contributed by atoms with E-state index in [9.17, 15) is 18.0 Å². The van der Waals surface area contributed by atoms with Crippen LogP contribution in [-0.4, -0.2) is 42.6 Å². The Morgan fingerprint density at radius 2 is 2.17 bits per heavy atom. The van der Waals surface area contributed by atoms with Crippen LogP contribution in [-0.2, 0) is 0 Å². The second-order valence-electron chi connectivity index (χ2n) is 3.76. The molecule has 1 aromatic rings. The first-order chi connectivity index (χ1) is 8.35. The Hall–Kier alpha value is -1.79. The number of anilines is 1. The number of nitrogens with one attached hydrogen (secondary N) is 1. The molecule has 0 radical (unpaired) electrons. The number of aromatic nitrogens is 1. The molecule has 0 saturated heterocycles. The summed E-state index contributed by atoms with van der Waals surface area (Å²) in [6, 6.07) is 1.59. The Bertz CT molecular complexity index is 420. The summed E-state index contributed by atoms with van der Waals surface area (Å²) in [6.45, 7) is -0.375. The van der Waals surface area contributed by atoms with Crippen LogP contribution in [0.5, 0.6) is 0 Å². The van der Waals surface area contributed by atoms with Gasteiger partial charge < -0.3 is 10.2 Å². The van der Waals surface area contributed by atoms with Gasteiger partial charge in [0.25, 0.3) is 5.91 Å². The van der Waals surface area contributed by atoms with E-state index in [0.717, 1.165) is 4.90 Å². The average molecular weight is 261 g/mol. The van der Waals surface area contributed by atoms with Gasteiger partial charge in [0.2, 0.25) is 0 Å². The zero-order valence-corrected chi connectivity index (χ0v) is 10.1. The van der Waals surface area contributed by atoms with Gasteiger partial charge in [0.1, 0.15) is 0 Å². The molecule has 0 saturated carbocycles. The molecule has 100 valence electrons. The summed E-state index contributed by atoms with van der Waals surface area (Å²) in [6.07, 6.45) is -2.46. The minimum Gasteiger partial charge on any atom is -0.387 e. The van der Waals surface area contributed by atoms with Crippen LogP contribution in [0.4, 0.5) is 18.9 Å². The molecule has 0 bridgehead atoms. The lowest BCUT2D eigenvalue weighted by Gasteiger charge is -2.19. The van der Waals surface area contributed by atoms with Gasteiger partial charge >= 0.3 is 6.18 Å². The number of carbonyl (C=O) groups is 1. The highest BCUT2D eigenvalue weighted by Crippen LogP contribution is 2.21. The van der Waals surface area contributed by atoms with Gasteiger partial charge in [0, 0.05) is 38.7 Å². The number of halogens is 3. The van der Waals surface area contributed by atoms with Gasteiger partial charge in [-0.3, -0.25) is 9.78 Å². The van der Waals surface area contributed by atoms with Crippen LogP contribution in [0.3, 0.4) is 0 Å². The van der Waals surface area contributed by atoms with Gasteiger partial charge in [-0.1, -0.05) is 0 Å². The predicted molar refractivity (Wildman–Crippen MR) is 61.4 cm³/mol. The molecule has 18 heavy (non-hydrogen) atoms. The molecular weight excluding hydrogens is 247 g/mol. The third-order valence-electron chi connectivity index (χ3n) is 2.40. The van der Waals surface area contributed by atoms with E-state index in [4.69, 9.17) is 0 Å². The van der Waals surface area contributed by atoms with E-state index in [-0.39, 0.29) is 12.1 Å². The van der Waals surface area contributed by atoms with Crippen LogP contribution in [0, 0.1) is 0 Å². The van der Waals surface area contributed by atoms with Crippen molar-refractivity contribution >= 4 is 11.6 Å². The topological polar surface area (TPSA) is 45.2 Å². The van der Waals surface area contributed by atoms with Crippen LogP contribution in [0.25, 0.3) is 0 Å². The summed E-state index contributed by atoms with van der Waals surface area (Å²) >= 11 is 0. The third kappa shape index (κ3) is 3.90. The van der Waals surface area contributed by atoms with E-state index in [0.29, 0.717) is 5.69 Å². The number of hydrogen-bond donors (Lipinski definition) is 1. The van der Waals surface area contributed by atoms with Crippen LogP contribution in [0.15, 0.2) is 18.5 Å². The number of rotatable bonds is 4. The molecule has 0 aliphatic rings. The summed E-state index contributed by atoms with van der Waals surface area (Å²) in [4.78, 5) is 16.7. The maximum absolute atomic E-state index is 12.1. The summed E-state index contributed by atoms with van der Waals surface area (Å²) in [7, 11) is 2.96. The van der Waals surface area contributed by atoms with Gasteiger partial charge in [-0.2, -0.15) is 13.2 Å². The van der Waals surface area contributed by atoms with E-state index >= 15 is 0 Å². The smallest absolute Gasteiger partial charge is 0.387 e. The largest absolute Gasteiger partial charge is 0.390 e. The van der Waals surface area contributed by atoms with Crippen LogP contribution < -0.4 is 5.32 Å². The van der Waals surface area contributed by atoms with Crippen molar-refractivity contribution in [1.82, 2.24) is 9.88 Å². The zero-order valence-electron chi connectivity index (χ0n) is 10.1. The Morgan fingerprint density at radius 3 is 2.72 bits per heavy atom. The number of pyridine rings is 1. The Labute approximate surface area is 103 Å². The quantitative estimate of drug-likeness (QED) is 0.903. The molecule has 4 nitrogen and oxygen atoms in total.